The molecule has 3 heterocycles. The number of benzene rings is 1. The van der Waals surface area contributed by atoms with Crippen molar-refractivity contribution in [2.75, 3.05) is 0 Å². The molecule has 0 aliphatic rings. The molecule has 6 nitrogen and oxygen atoms in total. The molecule has 0 saturated heterocycles. The maximum absolute atomic E-state index is 4.67. The molecule has 0 fully saturated rings. The van der Waals surface area contributed by atoms with E-state index in [0.29, 0.717) is 5.92 Å². The number of nitrogens with one attached hydrogen (secondary N) is 1. The van der Waals surface area contributed by atoms with Gasteiger partial charge >= 0.3 is 0 Å². The van der Waals surface area contributed by atoms with E-state index < -0.39 is 0 Å². The van der Waals surface area contributed by atoms with E-state index in [1.807, 2.05) is 10.6 Å². The second kappa shape index (κ2) is 6.76. The van der Waals surface area contributed by atoms with Crippen molar-refractivity contribution < 1.29 is 0 Å². The van der Waals surface area contributed by atoms with Gasteiger partial charge in [-0.1, -0.05) is 55.5 Å². The highest BCUT2D eigenvalue weighted by atomic mass is 32.1. The molecule has 0 radical (unpaired) electrons. The lowest BCUT2D eigenvalue weighted by atomic mass is 10.1. The van der Waals surface area contributed by atoms with E-state index in [1.54, 1.807) is 0 Å². The number of H-pyrrole nitrogens is 1. The Kier molecular flexibility index (Phi) is 4.31. The molecule has 0 atom stereocenters. The minimum Gasteiger partial charge on any atom is -0.282 e. The van der Waals surface area contributed by atoms with Crippen LogP contribution in [0.1, 0.15) is 43.3 Å². The van der Waals surface area contributed by atoms with Crippen molar-refractivity contribution in [3.8, 4) is 10.7 Å². The molecule has 0 saturated carbocycles. The number of rotatable bonds is 6. The summed E-state index contributed by atoms with van der Waals surface area (Å²) in [5, 5.41) is 21.5. The van der Waals surface area contributed by atoms with Gasteiger partial charge in [0.2, 0.25) is 4.96 Å². The number of aromatic amines is 1. The zero-order valence-corrected chi connectivity index (χ0v) is 15.1. The second-order valence-electron chi connectivity index (χ2n) is 6.42. The van der Waals surface area contributed by atoms with Crippen LogP contribution in [0.15, 0.2) is 36.4 Å². The average Bonchev–Trinajstić information content (AvgIpc) is 3.31. The van der Waals surface area contributed by atoms with Crippen molar-refractivity contribution in [2.45, 2.75) is 39.0 Å². The molecule has 3 aromatic heterocycles. The quantitative estimate of drug-likeness (QED) is 0.572. The van der Waals surface area contributed by atoms with Crippen molar-refractivity contribution in [3.05, 3.63) is 53.5 Å². The molecule has 0 bridgehead atoms. The summed E-state index contributed by atoms with van der Waals surface area (Å²) in [5.74, 6) is 1.33. The minimum atomic E-state index is 0.417. The molecular weight excluding hydrogens is 332 g/mol. The van der Waals surface area contributed by atoms with E-state index in [1.165, 1.54) is 16.9 Å². The van der Waals surface area contributed by atoms with Crippen LogP contribution in [0.5, 0.6) is 0 Å². The Morgan fingerprint density at radius 2 is 1.96 bits per heavy atom. The van der Waals surface area contributed by atoms with Crippen LogP contribution in [-0.2, 0) is 12.8 Å². The summed E-state index contributed by atoms with van der Waals surface area (Å²) in [6, 6.07) is 12.6. The molecule has 4 rings (SSSR count). The Morgan fingerprint density at radius 1 is 1.12 bits per heavy atom. The number of hydrogen-bond acceptors (Lipinski definition) is 5. The predicted octanol–water partition coefficient (Wildman–Crippen LogP) is 3.87. The van der Waals surface area contributed by atoms with Crippen LogP contribution in [0.25, 0.3) is 15.7 Å². The smallest absolute Gasteiger partial charge is 0.235 e. The molecule has 7 heteroatoms. The molecule has 0 unspecified atom stereocenters. The van der Waals surface area contributed by atoms with Crippen molar-refractivity contribution in [1.82, 2.24) is 30.0 Å². The molecule has 25 heavy (non-hydrogen) atoms. The summed E-state index contributed by atoms with van der Waals surface area (Å²) in [6.45, 7) is 4.28. The van der Waals surface area contributed by atoms with E-state index in [4.69, 9.17) is 0 Å². The molecule has 1 N–H and O–H groups in total. The lowest BCUT2D eigenvalue weighted by Gasteiger charge is -1.99. The normalized spacial score (nSPS) is 11.6. The first kappa shape index (κ1) is 16.0. The van der Waals surface area contributed by atoms with Crippen LogP contribution in [0.4, 0.5) is 0 Å². The fourth-order valence-electron chi connectivity index (χ4n) is 2.75. The fraction of sp³-hybridized carbons (Fsp3) is 0.333. The number of fused-ring (bicyclic) bond motifs is 1. The van der Waals surface area contributed by atoms with E-state index >= 15 is 0 Å². The number of aromatic nitrogens is 6. The van der Waals surface area contributed by atoms with Crippen LogP contribution in [0.3, 0.4) is 0 Å². The van der Waals surface area contributed by atoms with Gasteiger partial charge in [-0.3, -0.25) is 5.10 Å². The third-order valence-electron chi connectivity index (χ3n) is 4.20. The van der Waals surface area contributed by atoms with E-state index in [2.05, 4.69) is 69.7 Å². The van der Waals surface area contributed by atoms with E-state index in [0.717, 1.165) is 46.4 Å². The molecule has 4 aromatic rings. The van der Waals surface area contributed by atoms with E-state index in [9.17, 15) is 0 Å². The van der Waals surface area contributed by atoms with Crippen LogP contribution >= 0.6 is 11.3 Å². The highest BCUT2D eigenvalue weighted by Gasteiger charge is 2.15. The second-order valence-corrected chi connectivity index (χ2v) is 7.38. The summed E-state index contributed by atoms with van der Waals surface area (Å²) in [7, 11) is 0. The molecule has 1 aromatic carbocycles. The van der Waals surface area contributed by atoms with Gasteiger partial charge in [-0.05, 0) is 30.4 Å². The Labute approximate surface area is 149 Å². The minimum absolute atomic E-state index is 0.417. The van der Waals surface area contributed by atoms with Crippen molar-refractivity contribution >= 4 is 16.3 Å². The highest BCUT2D eigenvalue weighted by Crippen LogP contribution is 2.26. The lowest BCUT2D eigenvalue weighted by molar-refractivity contribution is 0.736. The van der Waals surface area contributed by atoms with Crippen molar-refractivity contribution in [1.29, 1.82) is 0 Å². The SMILES string of the molecule is CC(C)c1cc(-c2nn3c(CCCc4ccccc4)nnc3s2)n[nH]1. The summed E-state index contributed by atoms with van der Waals surface area (Å²) in [5.41, 5.74) is 3.33. The van der Waals surface area contributed by atoms with Crippen LogP contribution in [0.2, 0.25) is 0 Å². The van der Waals surface area contributed by atoms with Crippen LogP contribution < -0.4 is 0 Å². The third-order valence-corrected chi connectivity index (χ3v) is 5.12. The standard InChI is InChI=1S/C18H20N6S/c1-12(2)14-11-15(20-19-14)17-23-24-16(21-22-18(24)25-17)10-6-9-13-7-4-3-5-8-13/h3-5,7-8,11-12H,6,9-10H2,1-2H3,(H,19,20). The summed E-state index contributed by atoms with van der Waals surface area (Å²) in [4.78, 5) is 0.818. The molecular formula is C18H20N6S. The highest BCUT2D eigenvalue weighted by molar-refractivity contribution is 7.19. The number of aryl methyl sites for hydroxylation is 2. The van der Waals surface area contributed by atoms with Crippen molar-refractivity contribution in [3.63, 3.8) is 0 Å². The first-order chi connectivity index (χ1) is 12.2. The Balaban J connectivity index is 1.50. The van der Waals surface area contributed by atoms with Gasteiger partial charge in [0.25, 0.3) is 0 Å². The van der Waals surface area contributed by atoms with Gasteiger partial charge in [0.05, 0.1) is 0 Å². The Bertz CT molecular complexity index is 966. The topological polar surface area (TPSA) is 71.8 Å². The first-order valence-electron chi connectivity index (χ1n) is 8.51. The molecule has 0 aliphatic heterocycles. The molecule has 0 spiro atoms. The van der Waals surface area contributed by atoms with Gasteiger partial charge in [-0.15, -0.1) is 10.2 Å². The Morgan fingerprint density at radius 3 is 2.72 bits per heavy atom. The van der Waals surface area contributed by atoms with Gasteiger partial charge in [-0.25, -0.2) is 0 Å². The lowest BCUT2D eigenvalue weighted by Crippen LogP contribution is -1.98. The van der Waals surface area contributed by atoms with Crippen molar-refractivity contribution in [2.24, 2.45) is 0 Å². The average molecular weight is 352 g/mol. The summed E-state index contributed by atoms with van der Waals surface area (Å²) < 4.78 is 1.86. The van der Waals surface area contributed by atoms with Gasteiger partial charge in [0.1, 0.15) is 5.69 Å². The molecule has 128 valence electrons. The third kappa shape index (κ3) is 3.32. The van der Waals surface area contributed by atoms with Crippen LogP contribution in [0, 0.1) is 0 Å². The molecule has 0 aliphatic carbocycles. The van der Waals surface area contributed by atoms with Gasteiger partial charge in [0, 0.05) is 12.1 Å². The fourth-order valence-corrected chi connectivity index (χ4v) is 3.57. The zero-order valence-electron chi connectivity index (χ0n) is 14.3. The first-order valence-corrected chi connectivity index (χ1v) is 9.33. The number of nitrogens with zero attached hydrogens (tertiary/aromatic N) is 5. The Hall–Kier alpha value is -2.54. The largest absolute Gasteiger partial charge is 0.282 e. The summed E-state index contributed by atoms with van der Waals surface area (Å²) in [6.07, 6.45) is 2.92. The maximum Gasteiger partial charge on any atom is 0.235 e. The van der Waals surface area contributed by atoms with Gasteiger partial charge < -0.3 is 0 Å². The predicted molar refractivity (Wildman–Crippen MR) is 98.8 cm³/mol. The monoisotopic (exact) mass is 352 g/mol. The van der Waals surface area contributed by atoms with Gasteiger partial charge in [-0.2, -0.15) is 14.7 Å². The zero-order chi connectivity index (χ0) is 17.2. The number of hydrogen-bond donors (Lipinski definition) is 1. The van der Waals surface area contributed by atoms with Gasteiger partial charge in [0.15, 0.2) is 10.8 Å². The van der Waals surface area contributed by atoms with Crippen LogP contribution in [-0.4, -0.2) is 30.0 Å². The van der Waals surface area contributed by atoms with E-state index in [-0.39, 0.29) is 0 Å². The molecule has 0 amide bonds. The summed E-state index contributed by atoms with van der Waals surface area (Å²) >= 11 is 1.52. The maximum atomic E-state index is 4.67.